The number of hydrogen-bond donors (Lipinski definition) is 1. The maximum atomic E-state index is 11.7. The van der Waals surface area contributed by atoms with Crippen LogP contribution >= 0.6 is 0 Å². The van der Waals surface area contributed by atoms with E-state index >= 15 is 0 Å². The average molecular weight is 344 g/mol. The summed E-state index contributed by atoms with van der Waals surface area (Å²) in [7, 11) is 2.46. The molecule has 0 spiro atoms. The van der Waals surface area contributed by atoms with E-state index in [2.05, 4.69) is 19.8 Å². The zero-order valence-corrected chi connectivity index (χ0v) is 14.6. The number of methoxy groups -OCH3 is 2. The number of carbonyl (C=O) groups excluding carboxylic acids is 2. The molecule has 0 amide bonds. The van der Waals surface area contributed by atoms with E-state index in [4.69, 9.17) is 4.42 Å². The molecule has 1 N–H and O–H groups in total. The van der Waals surface area contributed by atoms with Crippen molar-refractivity contribution >= 4 is 17.6 Å². The molecule has 2 aromatic rings. The minimum Gasteiger partial charge on any atom is -0.466 e. The number of rotatable bonds is 6. The molecule has 0 aliphatic rings. The van der Waals surface area contributed by atoms with Crippen LogP contribution in [0.15, 0.2) is 40.5 Å². The summed E-state index contributed by atoms with van der Waals surface area (Å²) < 4.78 is 14.8. The summed E-state index contributed by atoms with van der Waals surface area (Å²) in [4.78, 5) is 27.6. The number of nitrogens with zero attached hydrogens (tertiary/aromatic N) is 1. The second-order valence-corrected chi connectivity index (χ2v) is 5.15. The average Bonchev–Trinajstić information content (AvgIpc) is 3.01. The summed E-state index contributed by atoms with van der Waals surface area (Å²) >= 11 is 0. The number of carbonyl (C=O) groups is 2. The highest BCUT2D eigenvalue weighted by Crippen LogP contribution is 2.24. The summed E-state index contributed by atoms with van der Waals surface area (Å²) in [6, 6.07) is 7.10. The van der Waals surface area contributed by atoms with Gasteiger partial charge in [-0.3, -0.25) is 0 Å². The minimum atomic E-state index is -0.676. The van der Waals surface area contributed by atoms with Crippen molar-refractivity contribution in [3.05, 3.63) is 47.5 Å². The Morgan fingerprint density at radius 2 is 1.88 bits per heavy atom. The van der Waals surface area contributed by atoms with E-state index in [1.165, 1.54) is 14.2 Å². The highest BCUT2D eigenvalue weighted by Gasteiger charge is 2.14. The quantitative estimate of drug-likeness (QED) is 0.636. The van der Waals surface area contributed by atoms with Crippen molar-refractivity contribution in [1.82, 2.24) is 4.98 Å². The van der Waals surface area contributed by atoms with Crippen LogP contribution in [0.5, 0.6) is 0 Å². The third kappa shape index (κ3) is 4.47. The van der Waals surface area contributed by atoms with Gasteiger partial charge < -0.3 is 19.2 Å². The summed E-state index contributed by atoms with van der Waals surface area (Å²) in [5, 5.41) is 2.84. The van der Waals surface area contributed by atoms with Crippen LogP contribution in [0.25, 0.3) is 11.5 Å². The van der Waals surface area contributed by atoms with Gasteiger partial charge in [0.05, 0.1) is 26.0 Å². The van der Waals surface area contributed by atoms with E-state index in [1.54, 1.807) is 24.3 Å². The number of esters is 2. The van der Waals surface area contributed by atoms with E-state index in [9.17, 15) is 9.59 Å². The van der Waals surface area contributed by atoms with Crippen LogP contribution in [0.2, 0.25) is 0 Å². The molecule has 25 heavy (non-hydrogen) atoms. The van der Waals surface area contributed by atoms with Crippen molar-refractivity contribution in [2.24, 2.45) is 0 Å². The van der Waals surface area contributed by atoms with Crippen molar-refractivity contribution in [1.29, 1.82) is 0 Å². The summed E-state index contributed by atoms with van der Waals surface area (Å²) in [6.07, 6.45) is 1.83. The van der Waals surface area contributed by atoms with Crippen LogP contribution in [-0.2, 0) is 25.5 Å². The van der Waals surface area contributed by atoms with Gasteiger partial charge in [0.15, 0.2) is 0 Å². The molecule has 0 saturated carbocycles. The Morgan fingerprint density at radius 3 is 2.40 bits per heavy atom. The number of benzene rings is 1. The first-order valence-corrected chi connectivity index (χ1v) is 7.70. The molecule has 1 aromatic carbocycles. The lowest BCUT2D eigenvalue weighted by atomic mass is 10.2. The van der Waals surface area contributed by atoms with Gasteiger partial charge in [-0.15, -0.1) is 0 Å². The SMILES string of the molecule is CCc1nc(-c2ccc(N/C(=C/C(=O)OC)C(=O)OC)cc2)oc1C. The Kier molecular flexibility index (Phi) is 5.94. The molecule has 0 saturated heterocycles. The molecule has 0 fully saturated rings. The van der Waals surface area contributed by atoms with Crippen molar-refractivity contribution in [2.75, 3.05) is 19.5 Å². The highest BCUT2D eigenvalue weighted by atomic mass is 16.5. The second-order valence-electron chi connectivity index (χ2n) is 5.15. The van der Waals surface area contributed by atoms with Crippen molar-refractivity contribution < 1.29 is 23.5 Å². The molecule has 0 aliphatic carbocycles. The van der Waals surface area contributed by atoms with Gasteiger partial charge in [-0.2, -0.15) is 0 Å². The first-order chi connectivity index (χ1) is 12.0. The zero-order chi connectivity index (χ0) is 18.4. The molecule has 0 aliphatic heterocycles. The van der Waals surface area contributed by atoms with Crippen molar-refractivity contribution in [2.45, 2.75) is 20.3 Å². The standard InChI is InChI=1S/C18H20N2O5/c1-5-14-11(2)25-17(20-14)12-6-8-13(9-7-12)19-15(18(22)24-4)10-16(21)23-3/h6-10,19H,5H2,1-4H3/b15-10+. The summed E-state index contributed by atoms with van der Waals surface area (Å²) in [5.41, 5.74) is 2.31. The number of anilines is 1. The third-order valence-corrected chi connectivity index (χ3v) is 3.51. The van der Waals surface area contributed by atoms with Crippen LogP contribution < -0.4 is 5.32 Å². The molecule has 0 atom stereocenters. The number of aryl methyl sites for hydroxylation is 2. The fourth-order valence-corrected chi connectivity index (χ4v) is 2.16. The van der Waals surface area contributed by atoms with Crippen LogP contribution in [0.1, 0.15) is 18.4 Å². The lowest BCUT2D eigenvalue weighted by Crippen LogP contribution is -2.15. The predicted octanol–water partition coefficient (Wildman–Crippen LogP) is 2.85. The lowest BCUT2D eigenvalue weighted by molar-refractivity contribution is -0.138. The van der Waals surface area contributed by atoms with Crippen LogP contribution in [0.4, 0.5) is 5.69 Å². The topological polar surface area (TPSA) is 90.7 Å². The Balaban J connectivity index is 2.21. The van der Waals surface area contributed by atoms with Gasteiger partial charge >= 0.3 is 11.9 Å². The van der Waals surface area contributed by atoms with E-state index in [0.29, 0.717) is 11.6 Å². The van der Waals surface area contributed by atoms with Crippen molar-refractivity contribution in [3.8, 4) is 11.5 Å². The van der Waals surface area contributed by atoms with Gasteiger partial charge in [0, 0.05) is 11.3 Å². The molecule has 1 aromatic heterocycles. The van der Waals surface area contributed by atoms with Gasteiger partial charge in [-0.1, -0.05) is 6.92 Å². The van der Waals surface area contributed by atoms with Crippen molar-refractivity contribution in [3.63, 3.8) is 0 Å². The molecule has 7 heteroatoms. The smallest absolute Gasteiger partial charge is 0.354 e. The molecule has 132 valence electrons. The third-order valence-electron chi connectivity index (χ3n) is 3.51. The zero-order valence-electron chi connectivity index (χ0n) is 14.6. The Bertz CT molecular complexity index is 790. The predicted molar refractivity (Wildman–Crippen MR) is 91.8 cm³/mol. The van der Waals surface area contributed by atoms with Crippen LogP contribution in [0, 0.1) is 6.92 Å². The van der Waals surface area contributed by atoms with Gasteiger partial charge in [-0.25, -0.2) is 14.6 Å². The second kappa shape index (κ2) is 8.14. The summed E-state index contributed by atoms with van der Waals surface area (Å²) in [5.74, 6) is 0.00477. The molecule has 7 nitrogen and oxygen atoms in total. The molecule has 2 rings (SSSR count). The molecule has 1 heterocycles. The fraction of sp³-hybridized carbons (Fsp3) is 0.278. The highest BCUT2D eigenvalue weighted by molar-refractivity contribution is 5.98. The first kappa shape index (κ1) is 18.3. The Labute approximate surface area is 145 Å². The van der Waals surface area contributed by atoms with E-state index in [1.807, 2.05) is 13.8 Å². The van der Waals surface area contributed by atoms with E-state index in [-0.39, 0.29) is 5.70 Å². The van der Waals surface area contributed by atoms with Crippen LogP contribution in [-0.4, -0.2) is 31.1 Å². The number of oxazole rings is 1. The lowest BCUT2D eigenvalue weighted by Gasteiger charge is -2.09. The molecule has 0 unspecified atom stereocenters. The van der Waals surface area contributed by atoms with Gasteiger partial charge in [0.25, 0.3) is 0 Å². The largest absolute Gasteiger partial charge is 0.466 e. The Morgan fingerprint density at radius 1 is 1.20 bits per heavy atom. The molecular weight excluding hydrogens is 324 g/mol. The van der Waals surface area contributed by atoms with Gasteiger partial charge in [0.1, 0.15) is 11.5 Å². The first-order valence-electron chi connectivity index (χ1n) is 7.70. The normalized spacial score (nSPS) is 11.1. The van der Waals surface area contributed by atoms with E-state index < -0.39 is 11.9 Å². The van der Waals surface area contributed by atoms with Gasteiger partial charge in [0.2, 0.25) is 5.89 Å². The Hall–Kier alpha value is -3.09. The number of nitrogens with one attached hydrogen (secondary N) is 1. The molecular formula is C18H20N2O5. The van der Waals surface area contributed by atoms with Crippen LogP contribution in [0.3, 0.4) is 0 Å². The molecule has 0 bridgehead atoms. The van der Waals surface area contributed by atoms with E-state index in [0.717, 1.165) is 29.5 Å². The molecule has 0 radical (unpaired) electrons. The van der Waals surface area contributed by atoms with Gasteiger partial charge in [-0.05, 0) is 37.6 Å². The maximum absolute atomic E-state index is 11.7. The maximum Gasteiger partial charge on any atom is 0.354 e. The number of hydrogen-bond acceptors (Lipinski definition) is 7. The fourth-order valence-electron chi connectivity index (χ4n) is 2.16. The minimum absolute atomic E-state index is 0.0256. The summed E-state index contributed by atoms with van der Waals surface area (Å²) in [6.45, 7) is 3.90. The number of ether oxygens (including phenoxy) is 2. The monoisotopic (exact) mass is 344 g/mol. The number of aromatic nitrogens is 1.